The van der Waals surface area contributed by atoms with Crippen molar-refractivity contribution in [3.63, 3.8) is 0 Å². The molecule has 2 heterocycles. The van der Waals surface area contributed by atoms with Gasteiger partial charge in [0.05, 0.1) is 13.2 Å². The maximum Gasteiger partial charge on any atom is 0.334 e. The highest BCUT2D eigenvalue weighted by Crippen LogP contribution is 2.19. The molecule has 1 aliphatic heterocycles. The fraction of sp³-hybridized carbons (Fsp3) is 0.583. The van der Waals surface area contributed by atoms with E-state index >= 15 is 0 Å². The Bertz CT molecular complexity index is 478. The van der Waals surface area contributed by atoms with Gasteiger partial charge in [-0.2, -0.15) is 4.98 Å². The number of carboxylic acid groups (broad SMARTS) is 1. The number of aromatic nitrogens is 2. The molecule has 0 spiro atoms. The summed E-state index contributed by atoms with van der Waals surface area (Å²) in [5, 5.41) is 8.99. The van der Waals surface area contributed by atoms with E-state index in [0.29, 0.717) is 19.1 Å². The number of anilines is 2. The van der Waals surface area contributed by atoms with E-state index in [4.69, 9.17) is 9.84 Å². The van der Waals surface area contributed by atoms with Gasteiger partial charge in [0.25, 0.3) is 0 Å². The van der Waals surface area contributed by atoms with Gasteiger partial charge in [0.2, 0.25) is 5.95 Å². The molecule has 1 atom stereocenters. The van der Waals surface area contributed by atoms with E-state index in [1.807, 2.05) is 30.8 Å². The van der Waals surface area contributed by atoms with Gasteiger partial charge in [-0.15, -0.1) is 0 Å². The van der Waals surface area contributed by atoms with Crippen molar-refractivity contribution in [2.75, 3.05) is 43.6 Å². The molecule has 0 aromatic carbocycles. The predicted molar refractivity (Wildman–Crippen MR) is 70.7 cm³/mol. The van der Waals surface area contributed by atoms with E-state index in [1.165, 1.54) is 0 Å². The maximum absolute atomic E-state index is 11.0. The van der Waals surface area contributed by atoms with Gasteiger partial charge in [-0.25, -0.2) is 9.78 Å². The van der Waals surface area contributed by atoms with E-state index in [9.17, 15) is 4.79 Å². The fourth-order valence-corrected chi connectivity index (χ4v) is 2.01. The number of nitrogens with zero attached hydrogens (tertiary/aromatic N) is 4. The summed E-state index contributed by atoms with van der Waals surface area (Å²) in [7, 11) is 3.83. The smallest absolute Gasteiger partial charge is 0.334 e. The summed E-state index contributed by atoms with van der Waals surface area (Å²) in [6.45, 7) is 3.18. The van der Waals surface area contributed by atoms with Crippen molar-refractivity contribution < 1.29 is 14.6 Å². The van der Waals surface area contributed by atoms with Gasteiger partial charge < -0.3 is 19.6 Å². The van der Waals surface area contributed by atoms with Crippen molar-refractivity contribution in [2.45, 2.75) is 13.0 Å². The zero-order chi connectivity index (χ0) is 14.0. The molecule has 0 saturated carbocycles. The standard InChI is InChI=1S/C12H18N4O3/c1-8-6-13-12(14-10(8)15(2)3)16-4-5-19-9(7-16)11(17)18/h6,9H,4-5,7H2,1-3H3,(H,17,18). The zero-order valence-electron chi connectivity index (χ0n) is 11.3. The highest BCUT2D eigenvalue weighted by molar-refractivity contribution is 5.73. The number of carbonyl (C=O) groups is 1. The number of carboxylic acids is 1. The van der Waals surface area contributed by atoms with Crippen molar-refractivity contribution in [3.8, 4) is 0 Å². The van der Waals surface area contributed by atoms with Crippen LogP contribution in [0, 0.1) is 6.92 Å². The lowest BCUT2D eigenvalue weighted by molar-refractivity contribution is -0.150. The van der Waals surface area contributed by atoms with Gasteiger partial charge in [-0.05, 0) is 6.92 Å². The van der Waals surface area contributed by atoms with Crippen molar-refractivity contribution in [2.24, 2.45) is 0 Å². The Balaban J connectivity index is 2.22. The summed E-state index contributed by atoms with van der Waals surface area (Å²) in [4.78, 5) is 23.5. The molecule has 0 aliphatic carbocycles. The minimum absolute atomic E-state index is 0.269. The molecule has 0 bridgehead atoms. The van der Waals surface area contributed by atoms with Crippen LogP contribution in [0.15, 0.2) is 6.20 Å². The molecule has 7 heteroatoms. The van der Waals surface area contributed by atoms with Gasteiger partial charge >= 0.3 is 5.97 Å². The molecule has 2 rings (SSSR count). The SMILES string of the molecule is Cc1cnc(N2CCOC(C(=O)O)C2)nc1N(C)C. The second-order valence-corrected chi connectivity index (χ2v) is 4.71. The minimum atomic E-state index is -0.954. The third-order valence-electron chi connectivity index (χ3n) is 2.98. The third-order valence-corrected chi connectivity index (χ3v) is 2.98. The number of morpholine rings is 1. The lowest BCUT2D eigenvalue weighted by Gasteiger charge is -2.31. The van der Waals surface area contributed by atoms with Crippen LogP contribution in [-0.2, 0) is 9.53 Å². The van der Waals surface area contributed by atoms with Crippen LogP contribution in [0.2, 0.25) is 0 Å². The van der Waals surface area contributed by atoms with Gasteiger partial charge in [0.1, 0.15) is 5.82 Å². The lowest BCUT2D eigenvalue weighted by Crippen LogP contribution is -2.46. The van der Waals surface area contributed by atoms with E-state index < -0.39 is 12.1 Å². The van der Waals surface area contributed by atoms with Gasteiger partial charge in [-0.3, -0.25) is 0 Å². The number of rotatable bonds is 3. The average molecular weight is 266 g/mol. The Morgan fingerprint density at radius 3 is 2.95 bits per heavy atom. The van der Waals surface area contributed by atoms with Crippen LogP contribution in [0.5, 0.6) is 0 Å². The molecular weight excluding hydrogens is 248 g/mol. The highest BCUT2D eigenvalue weighted by Gasteiger charge is 2.27. The number of aliphatic carboxylic acids is 1. The molecule has 1 N–H and O–H groups in total. The summed E-state index contributed by atoms with van der Waals surface area (Å²) in [6.07, 6.45) is 0.935. The van der Waals surface area contributed by atoms with Crippen LogP contribution < -0.4 is 9.80 Å². The normalized spacial score (nSPS) is 19.3. The second-order valence-electron chi connectivity index (χ2n) is 4.71. The largest absolute Gasteiger partial charge is 0.479 e. The van der Waals surface area contributed by atoms with Crippen molar-refractivity contribution in [1.29, 1.82) is 0 Å². The molecule has 0 radical (unpaired) electrons. The monoisotopic (exact) mass is 266 g/mol. The topological polar surface area (TPSA) is 78.8 Å². The molecule has 1 unspecified atom stereocenters. The van der Waals surface area contributed by atoms with Crippen LogP contribution in [-0.4, -0.2) is 60.9 Å². The first-order chi connectivity index (χ1) is 8.99. The van der Waals surface area contributed by atoms with E-state index in [1.54, 1.807) is 6.20 Å². The summed E-state index contributed by atoms with van der Waals surface area (Å²) >= 11 is 0. The summed E-state index contributed by atoms with van der Waals surface area (Å²) in [5.41, 5.74) is 0.983. The molecule has 1 aromatic heterocycles. The average Bonchev–Trinajstić information content (AvgIpc) is 2.39. The first-order valence-corrected chi connectivity index (χ1v) is 6.09. The second kappa shape index (κ2) is 5.40. The fourth-order valence-electron chi connectivity index (χ4n) is 2.01. The van der Waals surface area contributed by atoms with Gasteiger partial charge in [0, 0.05) is 32.4 Å². The lowest BCUT2D eigenvalue weighted by atomic mass is 10.3. The van der Waals surface area contributed by atoms with E-state index in [-0.39, 0.29) is 6.54 Å². The van der Waals surface area contributed by atoms with Crippen molar-refractivity contribution in [1.82, 2.24) is 9.97 Å². The van der Waals surface area contributed by atoms with Gasteiger partial charge in [0.15, 0.2) is 6.10 Å². The van der Waals surface area contributed by atoms with Crippen LogP contribution in [0.4, 0.5) is 11.8 Å². The molecular formula is C12H18N4O3. The molecule has 1 aromatic rings. The van der Waals surface area contributed by atoms with Crippen LogP contribution in [0.3, 0.4) is 0 Å². The third kappa shape index (κ3) is 2.93. The number of hydrogen-bond acceptors (Lipinski definition) is 6. The number of hydrogen-bond donors (Lipinski definition) is 1. The molecule has 7 nitrogen and oxygen atoms in total. The molecule has 19 heavy (non-hydrogen) atoms. The van der Waals surface area contributed by atoms with Crippen LogP contribution in [0.1, 0.15) is 5.56 Å². The predicted octanol–water partition coefficient (Wildman–Crippen LogP) is 0.141. The van der Waals surface area contributed by atoms with Crippen molar-refractivity contribution in [3.05, 3.63) is 11.8 Å². The Kier molecular flexibility index (Phi) is 3.84. The Morgan fingerprint density at radius 1 is 1.58 bits per heavy atom. The summed E-state index contributed by atoms with van der Waals surface area (Å²) < 4.78 is 5.19. The van der Waals surface area contributed by atoms with Crippen LogP contribution >= 0.6 is 0 Å². The Morgan fingerprint density at radius 2 is 2.32 bits per heavy atom. The van der Waals surface area contributed by atoms with Crippen LogP contribution in [0.25, 0.3) is 0 Å². The Labute approximate surface area is 111 Å². The molecule has 104 valence electrons. The number of aryl methyl sites for hydroxylation is 1. The molecule has 1 fully saturated rings. The Hall–Kier alpha value is -1.89. The first-order valence-electron chi connectivity index (χ1n) is 6.09. The number of ether oxygens (including phenoxy) is 1. The van der Waals surface area contributed by atoms with Gasteiger partial charge in [-0.1, -0.05) is 0 Å². The first kappa shape index (κ1) is 13.5. The zero-order valence-corrected chi connectivity index (χ0v) is 11.3. The highest BCUT2D eigenvalue weighted by atomic mass is 16.5. The molecule has 0 amide bonds. The quantitative estimate of drug-likeness (QED) is 0.833. The van der Waals surface area contributed by atoms with Crippen molar-refractivity contribution >= 4 is 17.7 Å². The van der Waals surface area contributed by atoms with E-state index in [0.717, 1.165) is 11.4 Å². The molecule has 1 aliphatic rings. The summed E-state index contributed by atoms with van der Waals surface area (Å²) in [5.74, 6) is 0.428. The summed E-state index contributed by atoms with van der Waals surface area (Å²) in [6, 6.07) is 0. The maximum atomic E-state index is 11.0. The van der Waals surface area contributed by atoms with E-state index in [2.05, 4.69) is 9.97 Å². The minimum Gasteiger partial charge on any atom is -0.479 e. The molecule has 1 saturated heterocycles.